The molecule has 21 heavy (non-hydrogen) atoms. The zero-order valence-electron chi connectivity index (χ0n) is 10.7. The summed E-state index contributed by atoms with van der Waals surface area (Å²) in [6, 6.07) is -1.33. The third-order valence-electron chi connectivity index (χ3n) is 2.46. The predicted octanol–water partition coefficient (Wildman–Crippen LogP) is -2.50. The first kappa shape index (κ1) is 16.3. The van der Waals surface area contributed by atoms with Crippen LogP contribution in [0, 0.1) is 0 Å². The monoisotopic (exact) mass is 298 g/mol. The number of imidazole rings is 1. The van der Waals surface area contributed by atoms with Gasteiger partial charge < -0.3 is 31.3 Å². The molecule has 11 nitrogen and oxygen atoms in total. The molecule has 2 rings (SSSR count). The van der Waals surface area contributed by atoms with Crippen molar-refractivity contribution in [2.24, 2.45) is 0 Å². The second-order valence-corrected chi connectivity index (χ2v) is 3.82. The van der Waals surface area contributed by atoms with E-state index in [0.717, 1.165) is 0 Å². The van der Waals surface area contributed by atoms with E-state index in [2.05, 4.69) is 30.6 Å². The highest BCUT2D eigenvalue weighted by molar-refractivity contribution is 5.88. The summed E-state index contributed by atoms with van der Waals surface area (Å²) in [5.74, 6) is -1.52. The minimum absolute atomic E-state index is 0. The van der Waals surface area contributed by atoms with Gasteiger partial charge in [-0.2, -0.15) is 0 Å². The molecule has 1 atom stereocenters. The van der Waals surface area contributed by atoms with Crippen molar-refractivity contribution >= 4 is 28.9 Å². The van der Waals surface area contributed by atoms with Gasteiger partial charge in [0, 0.05) is 0 Å². The number of carboxylic acid groups (broad SMARTS) is 1. The van der Waals surface area contributed by atoms with Crippen molar-refractivity contribution in [2.45, 2.75) is 6.04 Å². The van der Waals surface area contributed by atoms with Crippen molar-refractivity contribution in [1.29, 1.82) is 0 Å². The average Bonchev–Trinajstić information content (AvgIpc) is 2.91. The molecule has 0 aliphatic heterocycles. The molecule has 2 aromatic heterocycles. The van der Waals surface area contributed by atoms with Gasteiger partial charge in [-0.3, -0.25) is 4.79 Å². The van der Waals surface area contributed by atoms with Gasteiger partial charge in [0.25, 0.3) is 0 Å². The summed E-state index contributed by atoms with van der Waals surface area (Å²) < 4.78 is 0. The highest BCUT2D eigenvalue weighted by Crippen LogP contribution is 2.13. The average molecular weight is 298 g/mol. The molecule has 0 spiro atoms. The van der Waals surface area contributed by atoms with Crippen LogP contribution in [0.5, 0.6) is 0 Å². The van der Waals surface area contributed by atoms with Crippen LogP contribution in [-0.4, -0.2) is 66.7 Å². The highest BCUT2D eigenvalue weighted by atomic mass is 16.4. The predicted molar refractivity (Wildman–Crippen MR) is 70.4 cm³/mol. The van der Waals surface area contributed by atoms with Gasteiger partial charge >= 0.3 is 5.97 Å². The summed E-state index contributed by atoms with van der Waals surface area (Å²) >= 11 is 0. The number of carbonyl (C=O) groups is 2. The molecule has 1 unspecified atom stereocenters. The van der Waals surface area contributed by atoms with Gasteiger partial charge in [0.2, 0.25) is 5.91 Å². The van der Waals surface area contributed by atoms with Gasteiger partial charge in [-0.15, -0.1) is 0 Å². The number of aromatic nitrogens is 4. The summed E-state index contributed by atoms with van der Waals surface area (Å²) in [4.78, 5) is 36.8. The number of H-pyrrole nitrogens is 1. The van der Waals surface area contributed by atoms with Crippen molar-refractivity contribution in [3.63, 3.8) is 0 Å². The lowest BCUT2D eigenvalue weighted by Gasteiger charge is -2.12. The molecule has 11 heteroatoms. The smallest absolute Gasteiger partial charge is 0.328 e. The van der Waals surface area contributed by atoms with Crippen LogP contribution in [0.2, 0.25) is 0 Å². The number of amides is 1. The summed E-state index contributed by atoms with van der Waals surface area (Å²) in [6.07, 6.45) is 2.73. The molecule has 0 aliphatic rings. The lowest BCUT2D eigenvalue weighted by Crippen LogP contribution is -2.45. The number of aromatic amines is 1. The summed E-state index contributed by atoms with van der Waals surface area (Å²) in [5.41, 5.74) is 0.985. The zero-order valence-corrected chi connectivity index (χ0v) is 10.7. The lowest BCUT2D eigenvalue weighted by atomic mass is 10.3. The molecule has 7 N–H and O–H groups in total. The zero-order chi connectivity index (χ0) is 14.5. The standard InChI is InChI=1S/C10H12N6O4.H2O/c17-2-5(10(19)20)16-6(18)1-11-8-7-9(13-3-12-7)15-4-14-8;/h3-5,17H,1-2H2,(H,16,18)(H,19,20)(H2,11,12,13,14,15);1H2. The third kappa shape index (κ3) is 3.84. The number of aliphatic hydroxyl groups excluding tert-OH is 1. The van der Waals surface area contributed by atoms with E-state index in [0.29, 0.717) is 17.0 Å². The summed E-state index contributed by atoms with van der Waals surface area (Å²) in [6.45, 7) is -0.881. The van der Waals surface area contributed by atoms with E-state index in [-0.39, 0.29) is 12.0 Å². The summed E-state index contributed by atoms with van der Waals surface area (Å²) in [5, 5.41) is 22.4. The molecule has 1 amide bonds. The Hall–Kier alpha value is -2.79. The van der Waals surface area contributed by atoms with E-state index >= 15 is 0 Å². The Morgan fingerprint density at radius 1 is 1.33 bits per heavy atom. The third-order valence-corrected chi connectivity index (χ3v) is 2.46. The van der Waals surface area contributed by atoms with Gasteiger partial charge in [0.05, 0.1) is 19.5 Å². The van der Waals surface area contributed by atoms with E-state index < -0.39 is 24.5 Å². The maximum absolute atomic E-state index is 11.5. The Bertz CT molecular complexity index is 629. The van der Waals surface area contributed by atoms with Crippen LogP contribution in [0.25, 0.3) is 11.2 Å². The van der Waals surface area contributed by atoms with Gasteiger partial charge in [-0.1, -0.05) is 0 Å². The number of rotatable bonds is 6. The van der Waals surface area contributed by atoms with Crippen LogP contribution in [0.3, 0.4) is 0 Å². The van der Waals surface area contributed by atoms with Gasteiger partial charge in [-0.25, -0.2) is 19.7 Å². The fraction of sp³-hybridized carbons (Fsp3) is 0.300. The van der Waals surface area contributed by atoms with Crippen LogP contribution < -0.4 is 10.6 Å². The molecule has 114 valence electrons. The molecular weight excluding hydrogens is 284 g/mol. The molecule has 0 saturated carbocycles. The highest BCUT2D eigenvalue weighted by Gasteiger charge is 2.18. The second-order valence-electron chi connectivity index (χ2n) is 3.82. The van der Waals surface area contributed by atoms with E-state index in [9.17, 15) is 9.59 Å². The molecule has 0 bridgehead atoms. The Labute approximate surface area is 117 Å². The molecule has 0 saturated heterocycles. The van der Waals surface area contributed by atoms with E-state index in [1.165, 1.54) is 12.7 Å². The maximum atomic E-state index is 11.5. The minimum Gasteiger partial charge on any atom is -0.480 e. The van der Waals surface area contributed by atoms with E-state index in [4.69, 9.17) is 10.2 Å². The number of aliphatic hydroxyl groups is 1. The number of carboxylic acids is 1. The van der Waals surface area contributed by atoms with Crippen LogP contribution in [-0.2, 0) is 9.59 Å². The van der Waals surface area contributed by atoms with Gasteiger partial charge in [-0.05, 0) is 0 Å². The first-order valence-electron chi connectivity index (χ1n) is 5.62. The molecule has 0 aromatic carbocycles. The van der Waals surface area contributed by atoms with Crippen molar-refractivity contribution in [3.05, 3.63) is 12.7 Å². The van der Waals surface area contributed by atoms with Crippen LogP contribution >= 0.6 is 0 Å². The van der Waals surface area contributed by atoms with Gasteiger partial charge in [0.1, 0.15) is 17.9 Å². The fourth-order valence-corrected chi connectivity index (χ4v) is 1.49. The van der Waals surface area contributed by atoms with Crippen LogP contribution in [0.15, 0.2) is 12.7 Å². The second kappa shape index (κ2) is 7.12. The Morgan fingerprint density at radius 2 is 2.10 bits per heavy atom. The number of hydrogen-bond donors (Lipinski definition) is 5. The van der Waals surface area contributed by atoms with Crippen LogP contribution in [0.4, 0.5) is 5.82 Å². The molecule has 0 aliphatic carbocycles. The lowest BCUT2D eigenvalue weighted by molar-refractivity contribution is -0.142. The SMILES string of the molecule is O.O=C(CNc1ncnc2nc[nH]c12)NC(CO)C(=O)O. The number of fused-ring (bicyclic) bond motifs is 1. The molecule has 0 radical (unpaired) electrons. The molecule has 2 heterocycles. The van der Waals surface area contributed by atoms with Crippen molar-refractivity contribution in [2.75, 3.05) is 18.5 Å². The van der Waals surface area contributed by atoms with Crippen molar-refractivity contribution in [1.82, 2.24) is 25.3 Å². The minimum atomic E-state index is -1.33. The van der Waals surface area contributed by atoms with Crippen molar-refractivity contribution < 1.29 is 25.3 Å². The first-order chi connectivity index (χ1) is 9.61. The van der Waals surface area contributed by atoms with Crippen molar-refractivity contribution in [3.8, 4) is 0 Å². The number of anilines is 1. The van der Waals surface area contributed by atoms with Gasteiger partial charge in [0.15, 0.2) is 11.5 Å². The first-order valence-corrected chi connectivity index (χ1v) is 5.62. The number of nitrogens with one attached hydrogen (secondary N) is 3. The normalized spacial score (nSPS) is 11.5. The Morgan fingerprint density at radius 3 is 2.76 bits per heavy atom. The molecular formula is C10H14N6O5. The largest absolute Gasteiger partial charge is 0.480 e. The summed E-state index contributed by atoms with van der Waals surface area (Å²) in [7, 11) is 0. The fourth-order valence-electron chi connectivity index (χ4n) is 1.49. The molecule has 2 aromatic rings. The number of carbonyl (C=O) groups excluding carboxylic acids is 1. The van der Waals surface area contributed by atoms with E-state index in [1.54, 1.807) is 0 Å². The number of nitrogens with zero attached hydrogens (tertiary/aromatic N) is 3. The molecule has 0 fully saturated rings. The van der Waals surface area contributed by atoms with E-state index in [1.807, 2.05) is 0 Å². The Balaban J connectivity index is 0.00000220. The quantitative estimate of drug-likeness (QED) is 0.387. The maximum Gasteiger partial charge on any atom is 0.328 e. The van der Waals surface area contributed by atoms with Crippen LogP contribution in [0.1, 0.15) is 0 Å². The topological polar surface area (TPSA) is 185 Å². The number of aliphatic carboxylic acids is 1. The number of hydrogen-bond acceptors (Lipinski definition) is 7. The Kier molecular flexibility index (Phi) is 5.51.